The van der Waals surface area contributed by atoms with Crippen molar-refractivity contribution in [3.8, 4) is 0 Å². The molecule has 1 fully saturated rings. The summed E-state index contributed by atoms with van der Waals surface area (Å²) in [5.41, 5.74) is 0. The Bertz CT molecular complexity index is 155. The van der Waals surface area contributed by atoms with Crippen molar-refractivity contribution in [2.24, 2.45) is 0 Å². The molecule has 1 heterocycles. The summed E-state index contributed by atoms with van der Waals surface area (Å²) in [6.45, 7) is 7.05. The lowest BCUT2D eigenvalue weighted by molar-refractivity contribution is 0.250. The van der Waals surface area contributed by atoms with E-state index in [4.69, 9.17) is 0 Å². The summed E-state index contributed by atoms with van der Waals surface area (Å²) in [5.74, 6) is 1.10. The van der Waals surface area contributed by atoms with Crippen molar-refractivity contribution in [2.45, 2.75) is 18.9 Å². The molecular formula is C10H21N3S. The van der Waals surface area contributed by atoms with E-state index in [-0.39, 0.29) is 0 Å². The first-order chi connectivity index (χ1) is 6.83. The van der Waals surface area contributed by atoms with Crippen molar-refractivity contribution < 1.29 is 0 Å². The normalized spacial score (nSPS) is 19.5. The van der Waals surface area contributed by atoms with Gasteiger partial charge >= 0.3 is 0 Å². The number of nitrogens with zero attached hydrogens (tertiary/aromatic N) is 1. The molecule has 0 aliphatic carbocycles. The van der Waals surface area contributed by atoms with Crippen molar-refractivity contribution in [1.29, 1.82) is 0 Å². The van der Waals surface area contributed by atoms with Crippen LogP contribution in [0.1, 0.15) is 12.8 Å². The van der Waals surface area contributed by atoms with Gasteiger partial charge in [0, 0.05) is 18.3 Å². The zero-order valence-corrected chi connectivity index (χ0v) is 9.78. The molecule has 0 saturated carbocycles. The largest absolute Gasteiger partial charge is 0.390 e. The van der Waals surface area contributed by atoms with E-state index in [1.807, 2.05) is 11.9 Å². The molecule has 1 aliphatic heterocycles. The number of hydrogen-bond acceptors (Lipinski definition) is 4. The van der Waals surface area contributed by atoms with Gasteiger partial charge in [-0.15, -0.1) is 0 Å². The third-order valence-electron chi connectivity index (χ3n) is 2.46. The Morgan fingerprint density at radius 2 is 2.21 bits per heavy atom. The summed E-state index contributed by atoms with van der Waals surface area (Å²) in [4.78, 5) is 2.39. The van der Waals surface area contributed by atoms with Crippen LogP contribution in [0.25, 0.3) is 0 Å². The number of piperidine rings is 1. The van der Waals surface area contributed by atoms with E-state index in [0.717, 1.165) is 12.3 Å². The second-order valence-corrected chi connectivity index (χ2v) is 4.63. The molecule has 2 N–H and O–H groups in total. The van der Waals surface area contributed by atoms with E-state index in [1.165, 1.54) is 25.9 Å². The summed E-state index contributed by atoms with van der Waals surface area (Å²) >= 11 is 1.82. The Kier molecular flexibility index (Phi) is 6.07. The van der Waals surface area contributed by atoms with Crippen LogP contribution in [0, 0.1) is 0 Å². The lowest BCUT2D eigenvalue weighted by Crippen LogP contribution is -2.38. The summed E-state index contributed by atoms with van der Waals surface area (Å²) in [6.07, 6.45) is 4.30. The first-order valence-electron chi connectivity index (χ1n) is 5.23. The van der Waals surface area contributed by atoms with Crippen LogP contribution in [0.15, 0.2) is 12.8 Å². The highest BCUT2D eigenvalue weighted by molar-refractivity contribution is 7.97. The van der Waals surface area contributed by atoms with E-state index in [2.05, 4.69) is 28.6 Å². The average molecular weight is 215 g/mol. The van der Waals surface area contributed by atoms with E-state index >= 15 is 0 Å². The number of hydrogen-bond donors (Lipinski definition) is 2. The maximum atomic E-state index is 3.61. The Labute approximate surface area is 91.4 Å². The summed E-state index contributed by atoms with van der Waals surface area (Å²) in [5, 5.41) is 3.09. The van der Waals surface area contributed by atoms with Crippen molar-refractivity contribution in [3.63, 3.8) is 0 Å². The molecule has 0 aromatic rings. The van der Waals surface area contributed by atoms with Gasteiger partial charge in [0.1, 0.15) is 0 Å². The fourth-order valence-electron chi connectivity index (χ4n) is 1.52. The monoisotopic (exact) mass is 215 g/mol. The number of nitrogens with one attached hydrogen (secondary N) is 2. The molecule has 0 spiro atoms. The Morgan fingerprint density at radius 3 is 2.86 bits per heavy atom. The van der Waals surface area contributed by atoms with Crippen LogP contribution < -0.4 is 10.0 Å². The predicted octanol–water partition coefficient (Wildman–Crippen LogP) is 1.05. The molecule has 1 saturated heterocycles. The minimum Gasteiger partial charge on any atom is -0.390 e. The predicted molar refractivity (Wildman–Crippen MR) is 64.3 cm³/mol. The van der Waals surface area contributed by atoms with E-state index in [1.54, 1.807) is 6.20 Å². The van der Waals surface area contributed by atoms with Gasteiger partial charge in [-0.1, -0.05) is 18.5 Å². The van der Waals surface area contributed by atoms with Gasteiger partial charge < -0.3 is 10.2 Å². The maximum absolute atomic E-state index is 3.61. The molecule has 0 aromatic carbocycles. The minimum absolute atomic E-state index is 0.708. The van der Waals surface area contributed by atoms with Crippen LogP contribution >= 0.6 is 11.9 Å². The van der Waals surface area contributed by atoms with Gasteiger partial charge in [-0.3, -0.25) is 4.72 Å². The zero-order valence-electron chi connectivity index (χ0n) is 8.96. The van der Waals surface area contributed by atoms with Gasteiger partial charge in [0.2, 0.25) is 0 Å². The highest BCUT2D eigenvalue weighted by Gasteiger charge is 2.15. The highest BCUT2D eigenvalue weighted by atomic mass is 32.2. The minimum atomic E-state index is 0.708. The smallest absolute Gasteiger partial charge is 0.0252 e. The Balaban J connectivity index is 1.93. The number of likely N-dealkylation sites (tertiary alicyclic amines) is 1. The second kappa shape index (κ2) is 7.15. The molecule has 0 bridgehead atoms. The molecule has 0 radical (unpaired) electrons. The summed E-state index contributed by atoms with van der Waals surface area (Å²) < 4.78 is 3.52. The van der Waals surface area contributed by atoms with Crippen LogP contribution in [0.5, 0.6) is 0 Å². The first kappa shape index (κ1) is 11.9. The van der Waals surface area contributed by atoms with Crippen molar-refractivity contribution >= 4 is 11.9 Å². The third-order valence-corrected chi connectivity index (χ3v) is 3.37. The van der Waals surface area contributed by atoms with Gasteiger partial charge in [-0.05, 0) is 39.2 Å². The van der Waals surface area contributed by atoms with Crippen LogP contribution in [-0.4, -0.2) is 43.4 Å². The molecule has 14 heavy (non-hydrogen) atoms. The molecule has 0 atom stereocenters. The van der Waals surface area contributed by atoms with E-state index in [0.29, 0.717) is 6.04 Å². The lowest BCUT2D eigenvalue weighted by atomic mass is 10.1. The van der Waals surface area contributed by atoms with Crippen LogP contribution in [0.2, 0.25) is 0 Å². The molecule has 1 aliphatic rings. The Morgan fingerprint density at radius 1 is 1.50 bits per heavy atom. The van der Waals surface area contributed by atoms with Crippen LogP contribution in [-0.2, 0) is 0 Å². The zero-order chi connectivity index (χ0) is 10.2. The lowest BCUT2D eigenvalue weighted by Gasteiger charge is -2.29. The molecular weight excluding hydrogens is 194 g/mol. The highest BCUT2D eigenvalue weighted by Crippen LogP contribution is 2.10. The fourth-order valence-corrected chi connectivity index (χ4v) is 2.32. The third kappa shape index (κ3) is 4.88. The molecule has 3 nitrogen and oxygen atoms in total. The standard InChI is InChI=1S/C10H21N3S/c1-3-11-6-9-14-12-10-4-7-13(2)8-5-10/h3,10-12H,1,4-9H2,2H3. The van der Waals surface area contributed by atoms with Gasteiger partial charge in [-0.25, -0.2) is 0 Å². The fraction of sp³-hybridized carbons (Fsp3) is 0.800. The molecule has 0 unspecified atom stereocenters. The van der Waals surface area contributed by atoms with Crippen LogP contribution in [0.4, 0.5) is 0 Å². The van der Waals surface area contributed by atoms with Gasteiger partial charge in [0.25, 0.3) is 0 Å². The van der Waals surface area contributed by atoms with Gasteiger partial charge in [-0.2, -0.15) is 0 Å². The first-order valence-corrected chi connectivity index (χ1v) is 6.21. The molecule has 82 valence electrons. The molecule has 4 heteroatoms. The molecule has 0 aromatic heterocycles. The summed E-state index contributed by atoms with van der Waals surface area (Å²) in [7, 11) is 2.19. The Hall–Kier alpha value is -0.190. The van der Waals surface area contributed by atoms with Gasteiger partial charge in [0.15, 0.2) is 0 Å². The summed E-state index contributed by atoms with van der Waals surface area (Å²) in [6, 6.07) is 0.708. The molecule has 0 amide bonds. The van der Waals surface area contributed by atoms with E-state index in [9.17, 15) is 0 Å². The maximum Gasteiger partial charge on any atom is 0.0252 e. The topological polar surface area (TPSA) is 27.3 Å². The SMILES string of the molecule is C=CNCCSNC1CCN(C)CC1. The van der Waals surface area contributed by atoms with Crippen molar-refractivity contribution in [3.05, 3.63) is 12.8 Å². The number of rotatable bonds is 6. The average Bonchev–Trinajstić information content (AvgIpc) is 2.21. The van der Waals surface area contributed by atoms with Gasteiger partial charge in [0.05, 0.1) is 0 Å². The quantitative estimate of drug-likeness (QED) is 0.512. The van der Waals surface area contributed by atoms with Crippen LogP contribution in [0.3, 0.4) is 0 Å². The second-order valence-electron chi connectivity index (χ2n) is 3.70. The van der Waals surface area contributed by atoms with Crippen molar-refractivity contribution in [2.75, 3.05) is 32.4 Å². The van der Waals surface area contributed by atoms with E-state index < -0.39 is 0 Å². The molecule has 1 rings (SSSR count). The van der Waals surface area contributed by atoms with Crippen molar-refractivity contribution in [1.82, 2.24) is 14.9 Å².